The second kappa shape index (κ2) is 9.52. The highest BCUT2D eigenvalue weighted by Crippen LogP contribution is 2.50. The molecular weight excluding hydrogens is 454 g/mol. The molecule has 1 aliphatic carbocycles. The van der Waals surface area contributed by atoms with Gasteiger partial charge in [-0.15, -0.1) is 0 Å². The Hall–Kier alpha value is -3.30. The minimum atomic E-state index is -0.327. The quantitative estimate of drug-likeness (QED) is 0.451. The summed E-state index contributed by atoms with van der Waals surface area (Å²) in [6.07, 6.45) is 5.93. The van der Waals surface area contributed by atoms with Crippen LogP contribution in [0.5, 0.6) is 0 Å². The molecule has 5 rings (SSSR count). The largest absolute Gasteiger partial charge is 0.394 e. The number of fused-ring (bicyclic) bond motifs is 1. The van der Waals surface area contributed by atoms with E-state index in [-0.39, 0.29) is 25.1 Å². The van der Waals surface area contributed by atoms with E-state index in [4.69, 9.17) is 16.6 Å². The standard InChI is InChI=1S/C24H26ClN7O2/c1-14-3-4-15(7-19(14)25)9-28-22-18(23(34)29-11-21-26-5-2-6-27-21)10-30-24(31-22)32-12-16-8-17(16)20(32)13-33/h2-7,10,16-17,20,33H,8-9,11-13H2,1H3,(H,29,34)(H,28,30,31). The zero-order valence-electron chi connectivity index (χ0n) is 18.8. The SMILES string of the molecule is Cc1ccc(CNc2nc(N3CC4CC4C3CO)ncc2C(=O)NCc2ncccn2)cc1Cl. The molecule has 9 nitrogen and oxygen atoms in total. The second-order valence-electron chi connectivity index (χ2n) is 8.78. The van der Waals surface area contributed by atoms with Crippen LogP contribution in [0.15, 0.2) is 42.9 Å². The summed E-state index contributed by atoms with van der Waals surface area (Å²) < 4.78 is 0. The molecule has 3 aromatic rings. The van der Waals surface area contributed by atoms with E-state index in [9.17, 15) is 9.90 Å². The molecule has 34 heavy (non-hydrogen) atoms. The number of nitrogens with zero attached hydrogens (tertiary/aromatic N) is 5. The number of nitrogens with one attached hydrogen (secondary N) is 2. The van der Waals surface area contributed by atoms with E-state index in [1.165, 1.54) is 6.20 Å². The van der Waals surface area contributed by atoms with Crippen LogP contribution in [-0.2, 0) is 13.1 Å². The van der Waals surface area contributed by atoms with Crippen molar-refractivity contribution >= 4 is 29.3 Å². The number of hydrogen-bond acceptors (Lipinski definition) is 8. The van der Waals surface area contributed by atoms with Gasteiger partial charge < -0.3 is 20.6 Å². The topological polar surface area (TPSA) is 116 Å². The van der Waals surface area contributed by atoms with Crippen molar-refractivity contribution in [3.8, 4) is 0 Å². The van der Waals surface area contributed by atoms with Crippen LogP contribution in [0.1, 0.15) is 33.7 Å². The van der Waals surface area contributed by atoms with Crippen molar-refractivity contribution < 1.29 is 9.90 Å². The Morgan fingerprint density at radius 3 is 2.82 bits per heavy atom. The summed E-state index contributed by atoms with van der Waals surface area (Å²) in [4.78, 5) is 32.5. The van der Waals surface area contributed by atoms with Gasteiger partial charge in [-0.3, -0.25) is 4.79 Å². The maximum absolute atomic E-state index is 13.0. The lowest BCUT2D eigenvalue weighted by Gasteiger charge is -2.26. The molecule has 1 aromatic carbocycles. The van der Waals surface area contributed by atoms with E-state index in [1.807, 2.05) is 30.0 Å². The molecule has 1 aliphatic heterocycles. The summed E-state index contributed by atoms with van der Waals surface area (Å²) in [7, 11) is 0. The van der Waals surface area contributed by atoms with Crippen LogP contribution in [0.3, 0.4) is 0 Å². The fraction of sp³-hybridized carbons (Fsp3) is 0.375. The third-order valence-corrected chi connectivity index (χ3v) is 6.90. The fourth-order valence-electron chi connectivity index (χ4n) is 4.46. The van der Waals surface area contributed by atoms with Crippen molar-refractivity contribution in [1.29, 1.82) is 0 Å². The normalized spacial score (nSPS) is 20.7. The molecule has 2 aromatic heterocycles. The van der Waals surface area contributed by atoms with Gasteiger partial charge in [0.25, 0.3) is 5.91 Å². The highest BCUT2D eigenvalue weighted by atomic mass is 35.5. The lowest BCUT2D eigenvalue weighted by Crippen LogP contribution is -2.37. The van der Waals surface area contributed by atoms with Crippen molar-refractivity contribution in [3.63, 3.8) is 0 Å². The van der Waals surface area contributed by atoms with E-state index in [0.29, 0.717) is 46.6 Å². The van der Waals surface area contributed by atoms with E-state index in [2.05, 4.69) is 25.6 Å². The third-order valence-electron chi connectivity index (χ3n) is 6.49. The van der Waals surface area contributed by atoms with E-state index in [0.717, 1.165) is 24.1 Å². The molecule has 1 amide bonds. The summed E-state index contributed by atoms with van der Waals surface area (Å²) in [5.74, 6) is 2.20. The van der Waals surface area contributed by atoms with Gasteiger partial charge in [-0.1, -0.05) is 23.7 Å². The van der Waals surface area contributed by atoms with E-state index >= 15 is 0 Å². The van der Waals surface area contributed by atoms with E-state index in [1.54, 1.807) is 18.5 Å². The van der Waals surface area contributed by atoms with Gasteiger partial charge in [0.1, 0.15) is 17.2 Å². The van der Waals surface area contributed by atoms with Crippen molar-refractivity contribution in [2.45, 2.75) is 32.5 Å². The summed E-state index contributed by atoms with van der Waals surface area (Å²) in [5.41, 5.74) is 2.29. The number of amides is 1. The van der Waals surface area contributed by atoms with E-state index < -0.39 is 0 Å². The summed E-state index contributed by atoms with van der Waals surface area (Å²) in [6.45, 7) is 3.46. The minimum Gasteiger partial charge on any atom is -0.394 e. The van der Waals surface area contributed by atoms with Crippen LogP contribution in [-0.4, -0.2) is 50.1 Å². The zero-order chi connectivity index (χ0) is 23.7. The van der Waals surface area contributed by atoms with Gasteiger partial charge in [-0.2, -0.15) is 4.98 Å². The number of piperidine rings is 1. The molecule has 1 saturated carbocycles. The monoisotopic (exact) mass is 479 g/mol. The van der Waals surface area contributed by atoms with Gasteiger partial charge >= 0.3 is 0 Å². The van der Waals surface area contributed by atoms with Gasteiger partial charge in [0.05, 0.1) is 19.2 Å². The number of aryl methyl sites for hydroxylation is 1. The number of rotatable bonds is 8. The number of aromatic nitrogens is 4. The maximum atomic E-state index is 13.0. The Morgan fingerprint density at radius 1 is 1.24 bits per heavy atom. The molecule has 10 heteroatoms. The summed E-state index contributed by atoms with van der Waals surface area (Å²) >= 11 is 6.28. The molecule has 3 N–H and O–H groups in total. The average Bonchev–Trinajstić information content (AvgIpc) is 3.53. The number of halogens is 1. The average molecular weight is 480 g/mol. The number of aliphatic hydroxyl groups excluding tert-OH is 1. The van der Waals surface area contributed by atoms with Crippen molar-refractivity contribution in [2.75, 3.05) is 23.4 Å². The van der Waals surface area contributed by atoms with Crippen molar-refractivity contribution in [2.24, 2.45) is 11.8 Å². The number of benzene rings is 1. The molecule has 3 atom stereocenters. The number of carbonyl (C=O) groups is 1. The van der Waals surface area contributed by atoms with Crippen LogP contribution in [0.25, 0.3) is 0 Å². The van der Waals surface area contributed by atoms with Crippen LogP contribution < -0.4 is 15.5 Å². The highest BCUT2D eigenvalue weighted by molar-refractivity contribution is 6.31. The predicted octanol–water partition coefficient (Wildman–Crippen LogP) is 2.59. The van der Waals surface area contributed by atoms with Crippen LogP contribution in [0, 0.1) is 18.8 Å². The lowest BCUT2D eigenvalue weighted by atomic mass is 10.1. The van der Waals surface area contributed by atoms with Gasteiger partial charge in [-0.05, 0) is 48.4 Å². The molecule has 0 radical (unpaired) electrons. The van der Waals surface area contributed by atoms with Crippen LogP contribution >= 0.6 is 11.6 Å². The van der Waals surface area contributed by atoms with Crippen LogP contribution in [0.4, 0.5) is 11.8 Å². The smallest absolute Gasteiger partial charge is 0.256 e. The number of carbonyl (C=O) groups excluding carboxylic acids is 1. The molecule has 176 valence electrons. The zero-order valence-corrected chi connectivity index (χ0v) is 19.5. The number of anilines is 2. The molecule has 3 unspecified atom stereocenters. The molecule has 2 aliphatic rings. The molecule has 2 fully saturated rings. The van der Waals surface area contributed by atoms with Gasteiger partial charge in [0.2, 0.25) is 5.95 Å². The minimum absolute atomic E-state index is 0.0173. The second-order valence-corrected chi connectivity index (χ2v) is 9.19. The number of aliphatic hydroxyl groups is 1. The Bertz CT molecular complexity index is 1190. The van der Waals surface area contributed by atoms with Gasteiger partial charge in [0.15, 0.2) is 0 Å². The molecular formula is C24H26ClN7O2. The number of hydrogen-bond donors (Lipinski definition) is 3. The third kappa shape index (κ3) is 4.67. The molecule has 3 heterocycles. The first-order valence-corrected chi connectivity index (χ1v) is 11.7. The lowest BCUT2D eigenvalue weighted by molar-refractivity contribution is 0.0950. The first kappa shape index (κ1) is 22.5. The first-order chi connectivity index (χ1) is 16.5. The Labute approximate surface area is 202 Å². The Kier molecular flexibility index (Phi) is 6.30. The molecule has 0 bridgehead atoms. The van der Waals surface area contributed by atoms with Crippen LogP contribution in [0.2, 0.25) is 5.02 Å². The molecule has 1 saturated heterocycles. The van der Waals surface area contributed by atoms with Gasteiger partial charge in [0, 0.05) is 36.7 Å². The Balaban J connectivity index is 1.38. The summed E-state index contributed by atoms with van der Waals surface area (Å²) in [6, 6.07) is 7.58. The fourth-order valence-corrected chi connectivity index (χ4v) is 4.66. The van der Waals surface area contributed by atoms with Gasteiger partial charge in [-0.25, -0.2) is 15.0 Å². The predicted molar refractivity (Wildman–Crippen MR) is 129 cm³/mol. The summed E-state index contributed by atoms with van der Waals surface area (Å²) in [5, 5.41) is 16.7. The Morgan fingerprint density at radius 2 is 2.06 bits per heavy atom. The molecule has 0 spiro atoms. The maximum Gasteiger partial charge on any atom is 0.256 e. The highest BCUT2D eigenvalue weighted by Gasteiger charge is 2.53. The first-order valence-electron chi connectivity index (χ1n) is 11.3. The van der Waals surface area contributed by atoms with Crippen molar-refractivity contribution in [3.05, 3.63) is 70.4 Å². The van der Waals surface area contributed by atoms with Crippen molar-refractivity contribution in [1.82, 2.24) is 25.3 Å².